The average Bonchev–Trinajstić information content (AvgIpc) is 2.99. The Morgan fingerprint density at radius 2 is 1.94 bits per heavy atom. The van der Waals surface area contributed by atoms with Gasteiger partial charge in [-0.25, -0.2) is 5.01 Å². The minimum absolute atomic E-state index is 0.0274. The van der Waals surface area contributed by atoms with Gasteiger partial charge in [0.05, 0.1) is 22.7 Å². The van der Waals surface area contributed by atoms with Crippen LogP contribution in [0.25, 0.3) is 0 Å². The molecule has 0 bridgehead atoms. The monoisotopic (exact) mass is 242 g/mol. The number of para-hydroxylation sites is 1. The molecule has 1 amide bonds. The van der Waals surface area contributed by atoms with E-state index in [0.29, 0.717) is 6.42 Å². The summed E-state index contributed by atoms with van der Waals surface area (Å²) in [4.78, 5) is 13.0. The number of carbonyl (C=O) groups is 1. The van der Waals surface area contributed by atoms with Crippen molar-refractivity contribution in [1.29, 1.82) is 0 Å². The first-order valence-corrected chi connectivity index (χ1v) is 6.22. The maximum Gasteiger partial charge on any atom is 0.253 e. The first-order valence-electron chi connectivity index (χ1n) is 5.34. The highest BCUT2D eigenvalue weighted by atomic mass is 32.1. The maximum atomic E-state index is 11.9. The zero-order valence-corrected chi connectivity index (χ0v) is 9.85. The largest absolute Gasteiger partial charge is 0.272 e. The number of hydrazone groups is 1. The molecule has 0 radical (unpaired) electrons. The summed E-state index contributed by atoms with van der Waals surface area (Å²) in [5, 5.41) is 7.87. The van der Waals surface area contributed by atoms with Gasteiger partial charge in [0, 0.05) is 0 Å². The summed E-state index contributed by atoms with van der Waals surface area (Å²) in [6, 6.07) is 13.5. The summed E-state index contributed by atoms with van der Waals surface area (Å²) in [5.74, 6) is 0.0274. The number of nitrogens with zero attached hydrogens (tertiary/aromatic N) is 2. The van der Waals surface area contributed by atoms with Crippen molar-refractivity contribution in [2.24, 2.45) is 5.10 Å². The van der Waals surface area contributed by atoms with Crippen LogP contribution in [0.4, 0.5) is 5.69 Å². The summed E-state index contributed by atoms with van der Waals surface area (Å²) in [7, 11) is 0. The van der Waals surface area contributed by atoms with E-state index in [0.717, 1.165) is 16.3 Å². The summed E-state index contributed by atoms with van der Waals surface area (Å²) in [6.07, 6.45) is 0.384. The number of hydrogen-bond acceptors (Lipinski definition) is 3. The van der Waals surface area contributed by atoms with E-state index in [1.165, 1.54) is 5.01 Å². The van der Waals surface area contributed by atoms with Crippen molar-refractivity contribution in [2.45, 2.75) is 6.42 Å². The highest BCUT2D eigenvalue weighted by Gasteiger charge is 2.26. The van der Waals surface area contributed by atoms with E-state index in [4.69, 9.17) is 0 Å². The number of anilines is 1. The van der Waals surface area contributed by atoms with Crippen LogP contribution in [0, 0.1) is 0 Å². The Bertz CT molecular complexity index is 560. The molecule has 3 nitrogen and oxygen atoms in total. The SMILES string of the molecule is O=C1CC(c2cccs2)=NN1c1ccccc1. The molecule has 3 rings (SSSR count). The molecule has 1 aliphatic rings. The van der Waals surface area contributed by atoms with Gasteiger partial charge in [-0.1, -0.05) is 24.3 Å². The molecule has 0 saturated carbocycles. The van der Waals surface area contributed by atoms with Crippen LogP contribution in [0.1, 0.15) is 11.3 Å². The predicted molar refractivity (Wildman–Crippen MR) is 69.4 cm³/mol. The second-order valence-electron chi connectivity index (χ2n) is 3.74. The zero-order chi connectivity index (χ0) is 11.7. The van der Waals surface area contributed by atoms with Gasteiger partial charge in [-0.05, 0) is 23.6 Å². The van der Waals surface area contributed by atoms with Crippen molar-refractivity contribution in [3.05, 3.63) is 52.7 Å². The molecule has 0 unspecified atom stereocenters. The number of rotatable bonds is 2. The fourth-order valence-corrected chi connectivity index (χ4v) is 2.49. The van der Waals surface area contributed by atoms with Crippen molar-refractivity contribution >= 4 is 28.6 Å². The number of amides is 1. The standard InChI is InChI=1S/C13H10N2OS/c16-13-9-11(12-7-4-8-17-12)14-15(13)10-5-2-1-3-6-10/h1-8H,9H2. The Balaban J connectivity index is 1.95. The Morgan fingerprint density at radius 1 is 1.12 bits per heavy atom. The summed E-state index contributed by atoms with van der Waals surface area (Å²) >= 11 is 1.61. The van der Waals surface area contributed by atoms with E-state index < -0.39 is 0 Å². The van der Waals surface area contributed by atoms with Crippen LogP contribution in [0.3, 0.4) is 0 Å². The molecule has 84 valence electrons. The molecule has 1 aromatic carbocycles. The fourth-order valence-electron chi connectivity index (χ4n) is 1.78. The Kier molecular flexibility index (Phi) is 2.49. The molecular weight excluding hydrogens is 232 g/mol. The maximum absolute atomic E-state index is 11.9. The van der Waals surface area contributed by atoms with Gasteiger partial charge < -0.3 is 0 Å². The van der Waals surface area contributed by atoms with Crippen LogP contribution in [0.5, 0.6) is 0 Å². The number of thiophene rings is 1. The van der Waals surface area contributed by atoms with Crippen molar-refractivity contribution in [3.63, 3.8) is 0 Å². The third-order valence-electron chi connectivity index (χ3n) is 2.58. The third-order valence-corrected chi connectivity index (χ3v) is 3.50. The van der Waals surface area contributed by atoms with Crippen LogP contribution in [0.2, 0.25) is 0 Å². The lowest BCUT2D eigenvalue weighted by molar-refractivity contribution is -0.116. The topological polar surface area (TPSA) is 32.7 Å². The van der Waals surface area contributed by atoms with E-state index in [1.54, 1.807) is 11.3 Å². The molecule has 1 aromatic heterocycles. The summed E-state index contributed by atoms with van der Waals surface area (Å²) < 4.78 is 0. The number of hydrogen-bond donors (Lipinski definition) is 0. The van der Waals surface area contributed by atoms with Gasteiger partial charge in [0.1, 0.15) is 0 Å². The van der Waals surface area contributed by atoms with Crippen molar-refractivity contribution in [1.82, 2.24) is 0 Å². The quantitative estimate of drug-likeness (QED) is 0.797. The predicted octanol–water partition coefficient (Wildman–Crippen LogP) is 2.89. The molecule has 0 fully saturated rings. The first kappa shape index (κ1) is 10.2. The molecule has 17 heavy (non-hydrogen) atoms. The zero-order valence-electron chi connectivity index (χ0n) is 9.04. The second kappa shape index (κ2) is 4.14. The third kappa shape index (κ3) is 1.87. The molecule has 0 saturated heterocycles. The van der Waals surface area contributed by atoms with E-state index in [-0.39, 0.29) is 5.91 Å². The highest BCUT2D eigenvalue weighted by molar-refractivity contribution is 7.12. The van der Waals surface area contributed by atoms with Crippen LogP contribution in [-0.4, -0.2) is 11.6 Å². The van der Waals surface area contributed by atoms with Gasteiger partial charge in [0.15, 0.2) is 0 Å². The highest BCUT2D eigenvalue weighted by Crippen LogP contribution is 2.23. The Hall–Kier alpha value is -1.94. The van der Waals surface area contributed by atoms with Crippen LogP contribution in [-0.2, 0) is 4.79 Å². The van der Waals surface area contributed by atoms with E-state index in [1.807, 2.05) is 47.8 Å². The smallest absolute Gasteiger partial charge is 0.253 e. The van der Waals surface area contributed by atoms with Gasteiger partial charge in [0.2, 0.25) is 0 Å². The molecular formula is C13H10N2OS. The molecule has 4 heteroatoms. The van der Waals surface area contributed by atoms with Crippen LogP contribution >= 0.6 is 11.3 Å². The van der Waals surface area contributed by atoms with Gasteiger partial charge in [-0.15, -0.1) is 11.3 Å². The minimum Gasteiger partial charge on any atom is -0.272 e. The van der Waals surface area contributed by atoms with Gasteiger partial charge in [-0.3, -0.25) is 4.79 Å². The minimum atomic E-state index is 0.0274. The van der Waals surface area contributed by atoms with E-state index in [9.17, 15) is 4.79 Å². The van der Waals surface area contributed by atoms with Gasteiger partial charge >= 0.3 is 0 Å². The lowest BCUT2D eigenvalue weighted by atomic mass is 10.2. The first-order chi connectivity index (χ1) is 8.34. The molecule has 2 heterocycles. The Morgan fingerprint density at radius 3 is 2.65 bits per heavy atom. The molecule has 1 aliphatic heterocycles. The normalized spacial score (nSPS) is 15.2. The van der Waals surface area contributed by atoms with Gasteiger partial charge in [-0.2, -0.15) is 5.10 Å². The lowest BCUT2D eigenvalue weighted by Gasteiger charge is -2.10. The molecule has 0 N–H and O–H groups in total. The van der Waals surface area contributed by atoms with Crippen molar-refractivity contribution in [2.75, 3.05) is 5.01 Å². The number of carbonyl (C=O) groups excluding carboxylic acids is 1. The van der Waals surface area contributed by atoms with Crippen molar-refractivity contribution < 1.29 is 4.79 Å². The molecule has 0 aliphatic carbocycles. The molecule has 0 spiro atoms. The second-order valence-corrected chi connectivity index (χ2v) is 4.69. The lowest BCUT2D eigenvalue weighted by Crippen LogP contribution is -2.19. The number of benzene rings is 1. The van der Waals surface area contributed by atoms with Crippen molar-refractivity contribution in [3.8, 4) is 0 Å². The van der Waals surface area contributed by atoms with Gasteiger partial charge in [0.25, 0.3) is 5.91 Å². The summed E-state index contributed by atoms with van der Waals surface area (Å²) in [5.41, 5.74) is 1.68. The summed E-state index contributed by atoms with van der Waals surface area (Å²) in [6.45, 7) is 0. The Labute approximate surface area is 103 Å². The molecule has 2 aromatic rings. The van der Waals surface area contributed by atoms with E-state index in [2.05, 4.69) is 5.10 Å². The average molecular weight is 242 g/mol. The fraction of sp³-hybridized carbons (Fsp3) is 0.0769. The van der Waals surface area contributed by atoms with Crippen LogP contribution < -0.4 is 5.01 Å². The molecule has 0 atom stereocenters. The van der Waals surface area contributed by atoms with Crippen LogP contribution in [0.15, 0.2) is 52.9 Å². The van der Waals surface area contributed by atoms with E-state index >= 15 is 0 Å².